The van der Waals surface area contributed by atoms with Gasteiger partial charge in [0.1, 0.15) is 18.5 Å². The number of carbonyl (C=O) groups is 1. The Hall–Kier alpha value is -2.61. The van der Waals surface area contributed by atoms with Crippen LogP contribution in [0.25, 0.3) is 0 Å². The first-order chi connectivity index (χ1) is 13.2. The predicted octanol–water partition coefficient (Wildman–Crippen LogP) is 2.74. The summed E-state index contributed by atoms with van der Waals surface area (Å²) in [7, 11) is 1.50. The number of carbonyl (C=O) groups excluding carboxylic acids is 1. The molecule has 0 unspecified atom stereocenters. The fourth-order valence-electron chi connectivity index (χ4n) is 2.61. The number of methoxy groups -OCH3 is 1. The molecule has 2 atom stereocenters. The van der Waals surface area contributed by atoms with Crippen LogP contribution in [0, 0.1) is 0 Å². The van der Waals surface area contributed by atoms with Gasteiger partial charge in [-0.05, 0) is 29.8 Å². The monoisotopic (exact) mass is 375 g/mol. The van der Waals surface area contributed by atoms with E-state index in [4.69, 9.17) is 19.3 Å². The summed E-state index contributed by atoms with van der Waals surface area (Å²) in [5.74, 6) is 0.539. The maximum absolute atomic E-state index is 12.4. The summed E-state index contributed by atoms with van der Waals surface area (Å²) in [6.45, 7) is -0.0535. The van der Waals surface area contributed by atoms with E-state index in [1.165, 1.54) is 7.11 Å². The molecule has 2 aromatic rings. The second-order valence-electron chi connectivity index (χ2n) is 5.75. The number of benzene rings is 2. The van der Waals surface area contributed by atoms with Crippen LogP contribution < -0.4 is 10.1 Å². The Labute approximate surface area is 158 Å². The number of nitrogens with one attached hydrogen (secondary N) is 1. The third-order valence-electron chi connectivity index (χ3n) is 3.85. The highest BCUT2D eigenvalue weighted by atomic mass is 16.6. The van der Waals surface area contributed by atoms with Gasteiger partial charge in [-0.2, -0.15) is 0 Å². The fraction of sp³-hybridized carbons (Fsp3) is 0.350. The molecule has 0 aliphatic carbocycles. The van der Waals surface area contributed by atoms with E-state index < -0.39 is 18.3 Å². The molecule has 146 valence electrons. The lowest BCUT2D eigenvalue weighted by Gasteiger charge is -2.26. The van der Waals surface area contributed by atoms with Gasteiger partial charge in [-0.15, -0.1) is 0 Å². The number of aliphatic hydroxyl groups is 2. The van der Waals surface area contributed by atoms with Crippen molar-refractivity contribution in [1.82, 2.24) is 0 Å². The van der Waals surface area contributed by atoms with Gasteiger partial charge in [-0.1, -0.05) is 30.3 Å². The van der Waals surface area contributed by atoms with E-state index in [0.29, 0.717) is 23.4 Å². The summed E-state index contributed by atoms with van der Waals surface area (Å²) >= 11 is 0. The van der Waals surface area contributed by atoms with Crippen LogP contribution in [0.5, 0.6) is 5.75 Å². The molecule has 0 radical (unpaired) electrons. The lowest BCUT2D eigenvalue weighted by atomic mass is 10.0. The second kappa shape index (κ2) is 11.2. The Kier molecular flexibility index (Phi) is 8.57. The summed E-state index contributed by atoms with van der Waals surface area (Å²) < 4.78 is 16.5. The first-order valence-corrected chi connectivity index (χ1v) is 8.68. The predicted molar refractivity (Wildman–Crippen MR) is 101 cm³/mol. The van der Waals surface area contributed by atoms with Crippen molar-refractivity contribution in [3.63, 3.8) is 0 Å². The third kappa shape index (κ3) is 6.56. The molecule has 0 bridgehead atoms. The molecule has 3 N–H and O–H groups in total. The Balaban J connectivity index is 2.19. The van der Waals surface area contributed by atoms with Crippen molar-refractivity contribution in [3.05, 3.63) is 60.2 Å². The van der Waals surface area contributed by atoms with E-state index in [0.717, 1.165) is 0 Å². The smallest absolute Gasteiger partial charge is 0.412 e. The Morgan fingerprint density at radius 2 is 1.85 bits per heavy atom. The minimum atomic E-state index is -0.747. The molecular weight excluding hydrogens is 350 g/mol. The van der Waals surface area contributed by atoms with Crippen molar-refractivity contribution in [1.29, 1.82) is 0 Å². The number of para-hydroxylation sites is 1. The normalized spacial score (nSPS) is 12.9. The molecule has 0 heterocycles. The molecule has 0 fully saturated rings. The molecule has 0 saturated carbocycles. The molecule has 2 aromatic carbocycles. The quantitative estimate of drug-likeness (QED) is 0.591. The first-order valence-electron chi connectivity index (χ1n) is 8.68. The third-order valence-corrected chi connectivity index (χ3v) is 3.85. The molecule has 7 heteroatoms. The number of rotatable bonds is 10. The van der Waals surface area contributed by atoms with Gasteiger partial charge in [-0.3, -0.25) is 5.32 Å². The summed E-state index contributed by atoms with van der Waals surface area (Å²) in [5.41, 5.74) is 1.27. The van der Waals surface area contributed by atoms with Gasteiger partial charge >= 0.3 is 6.09 Å². The first kappa shape index (κ1) is 20.7. The molecule has 0 aromatic heterocycles. The van der Waals surface area contributed by atoms with Crippen LogP contribution >= 0.6 is 0 Å². The maximum Gasteiger partial charge on any atom is 0.412 e. The Morgan fingerprint density at radius 3 is 2.52 bits per heavy atom. The zero-order chi connectivity index (χ0) is 19.5. The average Bonchev–Trinajstić information content (AvgIpc) is 2.70. The van der Waals surface area contributed by atoms with Crippen molar-refractivity contribution in [3.8, 4) is 5.75 Å². The minimum Gasteiger partial charge on any atom is -0.491 e. The number of anilines is 1. The average molecular weight is 375 g/mol. The zero-order valence-corrected chi connectivity index (χ0v) is 15.2. The van der Waals surface area contributed by atoms with E-state index in [1.54, 1.807) is 48.5 Å². The number of hydrogen-bond donors (Lipinski definition) is 3. The fourth-order valence-corrected chi connectivity index (χ4v) is 2.61. The van der Waals surface area contributed by atoms with Crippen LogP contribution in [0.15, 0.2) is 54.6 Å². The van der Waals surface area contributed by atoms with Crippen molar-refractivity contribution in [2.24, 2.45) is 0 Å². The molecule has 0 spiro atoms. The van der Waals surface area contributed by atoms with Crippen molar-refractivity contribution < 1.29 is 29.2 Å². The molecule has 0 saturated heterocycles. The zero-order valence-electron chi connectivity index (χ0n) is 15.2. The van der Waals surface area contributed by atoms with E-state index in [9.17, 15) is 9.90 Å². The van der Waals surface area contributed by atoms with Gasteiger partial charge in [0.05, 0.1) is 6.61 Å². The van der Waals surface area contributed by atoms with Gasteiger partial charge in [0.25, 0.3) is 0 Å². The van der Waals surface area contributed by atoms with E-state index in [1.807, 2.05) is 6.07 Å². The standard InChI is InChI=1S/C20H25NO6/c1-25-18(10-11-22)19(15-6-5-9-17(14-15)26-13-12-23)27-20(24)21-16-7-3-2-4-8-16/h2-9,14,18-19,22-23H,10-13H2,1H3,(H,21,24)/t18-,19-/m0/s1. The summed E-state index contributed by atoms with van der Waals surface area (Å²) in [5, 5.41) is 20.9. The highest BCUT2D eigenvalue weighted by molar-refractivity contribution is 5.84. The van der Waals surface area contributed by atoms with E-state index >= 15 is 0 Å². The molecular formula is C20H25NO6. The van der Waals surface area contributed by atoms with Crippen molar-refractivity contribution in [2.75, 3.05) is 32.2 Å². The van der Waals surface area contributed by atoms with Crippen molar-refractivity contribution in [2.45, 2.75) is 18.6 Å². The molecule has 7 nitrogen and oxygen atoms in total. The summed E-state index contributed by atoms with van der Waals surface area (Å²) in [6.07, 6.45) is -1.62. The minimum absolute atomic E-state index is 0.102. The molecule has 1 amide bonds. The highest BCUT2D eigenvalue weighted by Gasteiger charge is 2.27. The van der Waals surface area contributed by atoms with E-state index in [-0.39, 0.29) is 19.8 Å². The van der Waals surface area contributed by atoms with Crippen LogP contribution in [-0.2, 0) is 9.47 Å². The lowest BCUT2D eigenvalue weighted by molar-refractivity contribution is -0.0306. The van der Waals surface area contributed by atoms with Crippen LogP contribution in [0.2, 0.25) is 0 Å². The Bertz CT molecular complexity index is 694. The highest BCUT2D eigenvalue weighted by Crippen LogP contribution is 2.28. The molecule has 27 heavy (non-hydrogen) atoms. The number of aliphatic hydroxyl groups excluding tert-OH is 2. The topological polar surface area (TPSA) is 97.2 Å². The van der Waals surface area contributed by atoms with Gasteiger partial charge in [0.15, 0.2) is 6.10 Å². The molecule has 0 aliphatic rings. The maximum atomic E-state index is 12.4. The largest absolute Gasteiger partial charge is 0.491 e. The Morgan fingerprint density at radius 1 is 1.07 bits per heavy atom. The number of hydrogen-bond acceptors (Lipinski definition) is 6. The van der Waals surface area contributed by atoms with E-state index in [2.05, 4.69) is 5.32 Å². The van der Waals surface area contributed by atoms with Crippen LogP contribution in [0.3, 0.4) is 0 Å². The van der Waals surface area contributed by atoms with Gasteiger partial charge in [-0.25, -0.2) is 4.79 Å². The number of amides is 1. The SMILES string of the molecule is CO[C@@H](CCO)[C@@H](OC(=O)Nc1ccccc1)c1cccc(OCCO)c1. The summed E-state index contributed by atoms with van der Waals surface area (Å²) in [6, 6.07) is 16.0. The molecule has 0 aliphatic heterocycles. The van der Waals surface area contributed by atoms with Gasteiger partial charge in [0.2, 0.25) is 0 Å². The van der Waals surface area contributed by atoms with Gasteiger partial charge in [0, 0.05) is 25.8 Å². The van der Waals surface area contributed by atoms with Crippen LogP contribution in [0.1, 0.15) is 18.1 Å². The van der Waals surface area contributed by atoms with Crippen LogP contribution in [-0.4, -0.2) is 49.3 Å². The molecule has 2 rings (SSSR count). The van der Waals surface area contributed by atoms with Crippen LogP contribution in [0.4, 0.5) is 10.5 Å². The second-order valence-corrected chi connectivity index (χ2v) is 5.75. The van der Waals surface area contributed by atoms with Gasteiger partial charge < -0.3 is 24.4 Å². The number of ether oxygens (including phenoxy) is 3. The lowest BCUT2D eigenvalue weighted by Crippen LogP contribution is -2.29. The van der Waals surface area contributed by atoms with Crippen molar-refractivity contribution >= 4 is 11.8 Å². The summed E-state index contributed by atoms with van der Waals surface area (Å²) in [4.78, 5) is 12.4.